The molecule has 0 aromatic carbocycles. The highest BCUT2D eigenvalue weighted by atomic mass is 79.9. The van der Waals surface area contributed by atoms with Gasteiger partial charge in [-0.05, 0) is 22.4 Å². The SMILES string of the molecule is Fc1c(Br)cnc2c1CCN2. The number of aromatic nitrogens is 1. The number of halogens is 2. The molecule has 1 N–H and O–H groups in total. The number of anilines is 1. The Bertz CT molecular complexity index is 301. The minimum Gasteiger partial charge on any atom is -0.369 e. The van der Waals surface area contributed by atoms with E-state index in [-0.39, 0.29) is 5.82 Å². The number of fused-ring (bicyclic) bond motifs is 1. The van der Waals surface area contributed by atoms with Gasteiger partial charge in [0.25, 0.3) is 0 Å². The van der Waals surface area contributed by atoms with Gasteiger partial charge >= 0.3 is 0 Å². The molecule has 0 aliphatic carbocycles. The second-order valence-electron chi connectivity index (χ2n) is 2.42. The molecule has 1 aromatic heterocycles. The number of hydrogen-bond acceptors (Lipinski definition) is 2. The first kappa shape index (κ1) is 7.03. The molecule has 0 unspecified atom stereocenters. The van der Waals surface area contributed by atoms with Crippen LogP contribution in [-0.4, -0.2) is 11.5 Å². The third kappa shape index (κ3) is 1.01. The molecule has 0 atom stereocenters. The van der Waals surface area contributed by atoms with E-state index in [4.69, 9.17) is 0 Å². The lowest BCUT2D eigenvalue weighted by Gasteiger charge is -1.99. The van der Waals surface area contributed by atoms with Gasteiger partial charge in [-0.25, -0.2) is 9.37 Å². The molecule has 4 heteroatoms. The number of pyridine rings is 1. The lowest BCUT2D eigenvalue weighted by Crippen LogP contribution is -1.92. The molecular weight excluding hydrogens is 211 g/mol. The summed E-state index contributed by atoms with van der Waals surface area (Å²) in [6, 6.07) is 0. The van der Waals surface area contributed by atoms with Crippen LogP contribution >= 0.6 is 15.9 Å². The van der Waals surface area contributed by atoms with Crippen molar-refractivity contribution in [2.24, 2.45) is 0 Å². The Labute approximate surface area is 72.0 Å². The average Bonchev–Trinajstić information content (AvgIpc) is 2.45. The summed E-state index contributed by atoms with van der Waals surface area (Å²) in [7, 11) is 0. The molecule has 0 spiro atoms. The largest absolute Gasteiger partial charge is 0.369 e. The molecule has 0 fully saturated rings. The van der Waals surface area contributed by atoms with Crippen LogP contribution in [0.5, 0.6) is 0 Å². The molecule has 1 aromatic rings. The third-order valence-electron chi connectivity index (χ3n) is 1.73. The first-order valence-electron chi connectivity index (χ1n) is 3.36. The van der Waals surface area contributed by atoms with E-state index in [0.29, 0.717) is 15.9 Å². The summed E-state index contributed by atoms with van der Waals surface area (Å²) in [6.45, 7) is 0.787. The van der Waals surface area contributed by atoms with E-state index in [1.165, 1.54) is 6.20 Å². The Morgan fingerprint density at radius 2 is 2.45 bits per heavy atom. The van der Waals surface area contributed by atoms with Gasteiger partial charge in [0.05, 0.1) is 4.47 Å². The topological polar surface area (TPSA) is 24.9 Å². The zero-order valence-corrected chi connectivity index (χ0v) is 7.28. The maximum atomic E-state index is 13.2. The van der Waals surface area contributed by atoms with Gasteiger partial charge in [-0.15, -0.1) is 0 Å². The molecule has 0 saturated heterocycles. The lowest BCUT2D eigenvalue weighted by atomic mass is 10.2. The quantitative estimate of drug-likeness (QED) is 0.718. The highest BCUT2D eigenvalue weighted by molar-refractivity contribution is 9.10. The predicted octanol–water partition coefficient (Wildman–Crippen LogP) is 1.95. The van der Waals surface area contributed by atoms with E-state index in [9.17, 15) is 4.39 Å². The van der Waals surface area contributed by atoms with Gasteiger partial charge in [0.2, 0.25) is 0 Å². The van der Waals surface area contributed by atoms with Crippen LogP contribution in [0.2, 0.25) is 0 Å². The zero-order valence-electron chi connectivity index (χ0n) is 5.69. The van der Waals surface area contributed by atoms with Crippen molar-refractivity contribution in [3.05, 3.63) is 22.1 Å². The lowest BCUT2D eigenvalue weighted by molar-refractivity contribution is 0.606. The Morgan fingerprint density at radius 1 is 1.64 bits per heavy atom. The first-order chi connectivity index (χ1) is 5.29. The van der Waals surface area contributed by atoms with E-state index in [1.807, 2.05) is 0 Å². The molecule has 2 heterocycles. The molecule has 2 nitrogen and oxygen atoms in total. The van der Waals surface area contributed by atoms with Crippen molar-refractivity contribution in [3.8, 4) is 0 Å². The van der Waals surface area contributed by atoms with Crippen LogP contribution in [0.25, 0.3) is 0 Å². The standard InChI is InChI=1S/C7H6BrFN2/c8-5-3-11-7-4(6(5)9)1-2-10-7/h3H,1-2H2,(H,10,11). The number of rotatable bonds is 0. The summed E-state index contributed by atoms with van der Waals surface area (Å²) in [5, 5.41) is 3.00. The maximum Gasteiger partial charge on any atom is 0.145 e. The summed E-state index contributed by atoms with van der Waals surface area (Å²) in [5.74, 6) is 0.505. The molecular formula is C7H6BrFN2. The molecule has 1 aliphatic heterocycles. The van der Waals surface area contributed by atoms with Gasteiger partial charge in [0.15, 0.2) is 0 Å². The summed E-state index contributed by atoms with van der Waals surface area (Å²) < 4.78 is 13.6. The van der Waals surface area contributed by atoms with Crippen LogP contribution in [0.4, 0.5) is 10.2 Å². The van der Waals surface area contributed by atoms with E-state index >= 15 is 0 Å². The minimum absolute atomic E-state index is 0.181. The van der Waals surface area contributed by atoms with Crippen molar-refractivity contribution in [1.82, 2.24) is 4.98 Å². The van der Waals surface area contributed by atoms with Gasteiger partial charge in [-0.3, -0.25) is 0 Å². The van der Waals surface area contributed by atoms with E-state index in [0.717, 1.165) is 13.0 Å². The van der Waals surface area contributed by atoms with E-state index < -0.39 is 0 Å². The smallest absolute Gasteiger partial charge is 0.145 e. The zero-order chi connectivity index (χ0) is 7.84. The summed E-state index contributed by atoms with van der Waals surface area (Å²) in [6.07, 6.45) is 2.21. The van der Waals surface area contributed by atoms with Gasteiger partial charge in [0, 0.05) is 18.3 Å². The Morgan fingerprint density at radius 3 is 3.27 bits per heavy atom. The predicted molar refractivity (Wildman–Crippen MR) is 44.1 cm³/mol. The fourth-order valence-corrected chi connectivity index (χ4v) is 1.53. The van der Waals surface area contributed by atoms with Crippen LogP contribution in [0, 0.1) is 5.82 Å². The Balaban J connectivity index is 2.62. The van der Waals surface area contributed by atoms with Crippen LogP contribution in [0.1, 0.15) is 5.56 Å². The van der Waals surface area contributed by atoms with Gasteiger partial charge in [-0.1, -0.05) is 0 Å². The monoisotopic (exact) mass is 216 g/mol. The highest BCUT2D eigenvalue weighted by Gasteiger charge is 2.17. The maximum absolute atomic E-state index is 13.2. The fourth-order valence-electron chi connectivity index (χ4n) is 1.19. The normalized spacial score (nSPS) is 14.4. The van der Waals surface area contributed by atoms with Crippen LogP contribution in [0.15, 0.2) is 10.7 Å². The minimum atomic E-state index is -0.181. The molecule has 2 rings (SSSR count). The van der Waals surface area contributed by atoms with Crippen molar-refractivity contribution < 1.29 is 4.39 Å². The Kier molecular flexibility index (Phi) is 1.56. The highest BCUT2D eigenvalue weighted by Crippen LogP contribution is 2.26. The summed E-state index contributed by atoms with van der Waals surface area (Å²) in [5.41, 5.74) is 0.694. The van der Waals surface area contributed by atoms with Crippen molar-refractivity contribution >= 4 is 21.7 Å². The molecule has 1 aliphatic rings. The summed E-state index contributed by atoms with van der Waals surface area (Å²) in [4.78, 5) is 4.02. The van der Waals surface area contributed by atoms with Gasteiger partial charge < -0.3 is 5.32 Å². The van der Waals surface area contributed by atoms with Crippen LogP contribution in [-0.2, 0) is 6.42 Å². The van der Waals surface area contributed by atoms with Crippen molar-refractivity contribution in [1.29, 1.82) is 0 Å². The van der Waals surface area contributed by atoms with E-state index in [2.05, 4.69) is 26.2 Å². The van der Waals surface area contributed by atoms with Crippen molar-refractivity contribution in [3.63, 3.8) is 0 Å². The molecule has 0 radical (unpaired) electrons. The van der Waals surface area contributed by atoms with Crippen LogP contribution in [0.3, 0.4) is 0 Å². The van der Waals surface area contributed by atoms with Crippen molar-refractivity contribution in [2.75, 3.05) is 11.9 Å². The Hall–Kier alpha value is -0.640. The molecule has 0 bridgehead atoms. The fraction of sp³-hybridized carbons (Fsp3) is 0.286. The summed E-state index contributed by atoms with van der Waals surface area (Å²) >= 11 is 3.08. The van der Waals surface area contributed by atoms with Crippen LogP contribution < -0.4 is 5.32 Å². The van der Waals surface area contributed by atoms with Gasteiger partial charge in [0.1, 0.15) is 11.6 Å². The van der Waals surface area contributed by atoms with E-state index in [1.54, 1.807) is 0 Å². The van der Waals surface area contributed by atoms with Gasteiger partial charge in [-0.2, -0.15) is 0 Å². The van der Waals surface area contributed by atoms with Crippen molar-refractivity contribution in [2.45, 2.75) is 6.42 Å². The molecule has 0 amide bonds. The first-order valence-corrected chi connectivity index (χ1v) is 4.15. The third-order valence-corrected chi connectivity index (χ3v) is 2.29. The second kappa shape index (κ2) is 2.44. The second-order valence-corrected chi connectivity index (χ2v) is 3.28. The number of hydrogen-bond donors (Lipinski definition) is 1. The number of nitrogens with zero attached hydrogens (tertiary/aromatic N) is 1. The molecule has 58 valence electrons. The average molecular weight is 217 g/mol. The molecule has 11 heavy (non-hydrogen) atoms. The molecule has 0 saturated carbocycles. The number of nitrogens with one attached hydrogen (secondary N) is 1.